The molecule has 1 aliphatic rings. The van der Waals surface area contributed by atoms with E-state index in [1.165, 1.54) is 12.0 Å². The van der Waals surface area contributed by atoms with Crippen LogP contribution in [0.4, 0.5) is 5.69 Å². The monoisotopic (exact) mass is 246 g/mol. The van der Waals surface area contributed by atoms with Crippen LogP contribution in [0.2, 0.25) is 0 Å². The fourth-order valence-electron chi connectivity index (χ4n) is 2.58. The first-order valence-electron chi connectivity index (χ1n) is 6.66. The molecule has 1 amide bonds. The maximum Gasteiger partial charge on any atom is 0.241 e. The number of anilines is 1. The molecule has 0 aromatic heterocycles. The minimum absolute atomic E-state index is 0.0273. The highest BCUT2D eigenvalue weighted by molar-refractivity contribution is 5.95. The van der Waals surface area contributed by atoms with Crippen LogP contribution in [0.5, 0.6) is 0 Å². The molecule has 18 heavy (non-hydrogen) atoms. The van der Waals surface area contributed by atoms with Crippen molar-refractivity contribution >= 4 is 11.6 Å². The molecule has 0 spiro atoms. The first-order chi connectivity index (χ1) is 8.58. The van der Waals surface area contributed by atoms with Crippen molar-refractivity contribution < 1.29 is 4.79 Å². The highest BCUT2D eigenvalue weighted by Gasteiger charge is 2.25. The lowest BCUT2D eigenvalue weighted by Gasteiger charge is -2.31. The van der Waals surface area contributed by atoms with Crippen LogP contribution in [0, 0.1) is 13.8 Å². The van der Waals surface area contributed by atoms with Gasteiger partial charge in [0.25, 0.3) is 0 Å². The number of nitrogens with zero attached hydrogens (tertiary/aromatic N) is 1. The van der Waals surface area contributed by atoms with Gasteiger partial charge in [0.05, 0.1) is 6.04 Å². The Morgan fingerprint density at radius 3 is 2.78 bits per heavy atom. The summed E-state index contributed by atoms with van der Waals surface area (Å²) in [6, 6.07) is 6.15. The fraction of sp³-hybridized carbons (Fsp3) is 0.533. The van der Waals surface area contributed by atoms with E-state index in [9.17, 15) is 4.79 Å². The molecule has 1 aliphatic heterocycles. The number of hydrogen-bond donors (Lipinski definition) is 1. The van der Waals surface area contributed by atoms with Crippen LogP contribution in [-0.2, 0) is 4.79 Å². The van der Waals surface area contributed by atoms with Crippen molar-refractivity contribution in [2.24, 2.45) is 0 Å². The average Bonchev–Trinajstić information content (AvgIpc) is 2.33. The summed E-state index contributed by atoms with van der Waals surface area (Å²) in [5.41, 5.74) is 3.28. The van der Waals surface area contributed by atoms with Gasteiger partial charge in [0.1, 0.15) is 0 Å². The summed E-state index contributed by atoms with van der Waals surface area (Å²) < 4.78 is 0. The second kappa shape index (κ2) is 5.53. The predicted molar refractivity (Wildman–Crippen MR) is 74.8 cm³/mol. The number of likely N-dealkylation sites (tertiary alicyclic amines) is 1. The van der Waals surface area contributed by atoms with Crippen LogP contribution in [0.15, 0.2) is 18.2 Å². The van der Waals surface area contributed by atoms with Gasteiger partial charge in [0.15, 0.2) is 0 Å². The van der Waals surface area contributed by atoms with E-state index in [0.29, 0.717) is 0 Å². The molecule has 1 atom stereocenters. The number of nitrogens with one attached hydrogen (secondary N) is 1. The number of rotatable bonds is 2. The maximum atomic E-state index is 12.3. The second-order valence-electron chi connectivity index (χ2n) is 5.30. The highest BCUT2D eigenvalue weighted by Crippen LogP contribution is 2.20. The van der Waals surface area contributed by atoms with Crippen LogP contribution >= 0.6 is 0 Å². The number of benzene rings is 1. The first kappa shape index (κ1) is 13.1. The van der Waals surface area contributed by atoms with Crippen LogP contribution in [0.25, 0.3) is 0 Å². The predicted octanol–water partition coefficient (Wildman–Crippen LogP) is 2.73. The van der Waals surface area contributed by atoms with Gasteiger partial charge >= 0.3 is 0 Å². The Kier molecular flexibility index (Phi) is 4.02. The number of likely N-dealkylation sites (N-methyl/N-ethyl adjacent to an activating group) is 1. The summed E-state index contributed by atoms with van der Waals surface area (Å²) >= 11 is 0. The maximum absolute atomic E-state index is 12.3. The van der Waals surface area contributed by atoms with Crippen LogP contribution < -0.4 is 5.32 Å². The Hall–Kier alpha value is -1.35. The third-order valence-corrected chi connectivity index (χ3v) is 3.71. The number of amides is 1. The van der Waals surface area contributed by atoms with E-state index in [1.807, 2.05) is 26.1 Å². The summed E-state index contributed by atoms with van der Waals surface area (Å²) in [5, 5.41) is 3.06. The van der Waals surface area contributed by atoms with E-state index in [-0.39, 0.29) is 11.9 Å². The Morgan fingerprint density at radius 1 is 1.33 bits per heavy atom. The summed E-state index contributed by atoms with van der Waals surface area (Å²) in [7, 11) is 2.03. The van der Waals surface area contributed by atoms with Gasteiger partial charge in [-0.25, -0.2) is 0 Å². The number of hydrogen-bond acceptors (Lipinski definition) is 2. The summed E-state index contributed by atoms with van der Waals surface area (Å²) in [4.78, 5) is 14.4. The number of carbonyl (C=O) groups excluding carboxylic acids is 1. The molecule has 1 aromatic carbocycles. The Bertz CT molecular complexity index is 442. The molecule has 1 N–H and O–H groups in total. The van der Waals surface area contributed by atoms with Gasteiger partial charge < -0.3 is 5.32 Å². The summed E-state index contributed by atoms with van der Waals surface area (Å²) in [6.45, 7) is 5.12. The zero-order valence-electron chi connectivity index (χ0n) is 11.5. The minimum Gasteiger partial charge on any atom is -0.324 e. The molecule has 0 saturated carbocycles. The molecule has 3 heteroatoms. The molecule has 0 aliphatic carbocycles. The van der Waals surface area contributed by atoms with Crippen molar-refractivity contribution in [3.63, 3.8) is 0 Å². The first-order valence-corrected chi connectivity index (χ1v) is 6.66. The lowest BCUT2D eigenvalue weighted by Crippen LogP contribution is -2.44. The highest BCUT2D eigenvalue weighted by atomic mass is 16.2. The molecule has 98 valence electrons. The van der Waals surface area contributed by atoms with Gasteiger partial charge in [-0.15, -0.1) is 0 Å². The number of carbonyl (C=O) groups is 1. The van der Waals surface area contributed by atoms with Gasteiger partial charge in [-0.1, -0.05) is 24.1 Å². The minimum atomic E-state index is 0.0273. The molecular weight excluding hydrogens is 224 g/mol. The van der Waals surface area contributed by atoms with Crippen LogP contribution in [0.3, 0.4) is 0 Å². The van der Waals surface area contributed by atoms with Crippen molar-refractivity contribution in [1.29, 1.82) is 0 Å². The van der Waals surface area contributed by atoms with Gasteiger partial charge in [-0.2, -0.15) is 0 Å². The third kappa shape index (κ3) is 2.91. The lowest BCUT2D eigenvalue weighted by atomic mass is 10.0. The molecule has 0 radical (unpaired) electrons. The number of piperidine rings is 1. The van der Waals surface area contributed by atoms with E-state index in [0.717, 1.165) is 30.6 Å². The van der Waals surface area contributed by atoms with Gasteiger partial charge in [-0.3, -0.25) is 9.69 Å². The topological polar surface area (TPSA) is 32.3 Å². The van der Waals surface area contributed by atoms with E-state index < -0.39 is 0 Å². The smallest absolute Gasteiger partial charge is 0.241 e. The van der Waals surface area contributed by atoms with Crippen LogP contribution in [-0.4, -0.2) is 30.4 Å². The zero-order chi connectivity index (χ0) is 13.1. The number of aryl methyl sites for hydroxylation is 2. The Labute approximate surface area is 109 Å². The van der Waals surface area contributed by atoms with Crippen molar-refractivity contribution in [3.8, 4) is 0 Å². The molecule has 1 unspecified atom stereocenters. The molecule has 1 aromatic rings. The molecule has 1 saturated heterocycles. The van der Waals surface area contributed by atoms with E-state index in [1.54, 1.807) is 0 Å². The molecule has 1 fully saturated rings. The molecule has 0 bridgehead atoms. The largest absolute Gasteiger partial charge is 0.324 e. The fourth-order valence-corrected chi connectivity index (χ4v) is 2.58. The molecule has 3 nitrogen and oxygen atoms in total. The van der Waals surface area contributed by atoms with E-state index >= 15 is 0 Å². The molecule has 1 heterocycles. The normalized spacial score (nSPS) is 20.7. The zero-order valence-corrected chi connectivity index (χ0v) is 11.5. The van der Waals surface area contributed by atoms with Gasteiger partial charge in [-0.05, 0) is 51.9 Å². The Morgan fingerprint density at radius 2 is 2.11 bits per heavy atom. The molecular formula is C15H22N2O. The third-order valence-electron chi connectivity index (χ3n) is 3.71. The van der Waals surface area contributed by atoms with Crippen LogP contribution in [0.1, 0.15) is 30.4 Å². The molecule has 2 rings (SSSR count). The average molecular weight is 246 g/mol. The quantitative estimate of drug-likeness (QED) is 0.870. The summed E-state index contributed by atoms with van der Waals surface area (Å²) in [5.74, 6) is 0.129. The van der Waals surface area contributed by atoms with Crippen molar-refractivity contribution in [1.82, 2.24) is 4.90 Å². The van der Waals surface area contributed by atoms with Gasteiger partial charge in [0, 0.05) is 5.69 Å². The Balaban J connectivity index is 2.06. The summed E-state index contributed by atoms with van der Waals surface area (Å²) in [6.07, 6.45) is 3.31. The standard InChI is InChI=1S/C15H22N2O/c1-11-7-8-13(12(2)10-11)16-15(18)14-6-4-5-9-17(14)3/h7-8,10,14H,4-6,9H2,1-3H3,(H,16,18). The van der Waals surface area contributed by atoms with Crippen molar-refractivity contribution in [2.75, 3.05) is 18.9 Å². The second-order valence-corrected chi connectivity index (χ2v) is 5.30. The van der Waals surface area contributed by atoms with E-state index in [2.05, 4.69) is 23.2 Å². The van der Waals surface area contributed by atoms with Crippen molar-refractivity contribution in [3.05, 3.63) is 29.3 Å². The van der Waals surface area contributed by atoms with E-state index in [4.69, 9.17) is 0 Å². The van der Waals surface area contributed by atoms with Crippen molar-refractivity contribution in [2.45, 2.75) is 39.2 Å². The lowest BCUT2D eigenvalue weighted by molar-refractivity contribution is -0.121. The van der Waals surface area contributed by atoms with Gasteiger partial charge in [0.2, 0.25) is 5.91 Å². The SMILES string of the molecule is Cc1ccc(NC(=O)C2CCCCN2C)c(C)c1.